The van der Waals surface area contributed by atoms with Crippen molar-refractivity contribution in [1.82, 2.24) is 15.3 Å². The number of halogens is 1. The smallest absolute Gasteiger partial charge is 0.161 e. The van der Waals surface area contributed by atoms with Crippen LogP contribution < -0.4 is 10.6 Å². The second kappa shape index (κ2) is 7.95. The number of nitrogens with zero attached hydrogens (tertiary/aromatic N) is 2. The zero-order valence-electron chi connectivity index (χ0n) is 14.3. The van der Waals surface area contributed by atoms with Crippen LogP contribution in [0, 0.1) is 5.92 Å². The standard InChI is InChI=1S/C19H25ClN4/c1-13(2)17-11-18(22-12-14-6-8-21-9-7-14)24-19(23-17)15-4-3-5-16(20)10-15/h3-5,10-11,13-14,21H,6-9,12H2,1-2H3,(H,22,23,24). The van der Waals surface area contributed by atoms with E-state index < -0.39 is 0 Å². The minimum Gasteiger partial charge on any atom is -0.370 e. The van der Waals surface area contributed by atoms with Crippen LogP contribution in [-0.4, -0.2) is 29.6 Å². The summed E-state index contributed by atoms with van der Waals surface area (Å²) in [6, 6.07) is 9.79. The van der Waals surface area contributed by atoms with Crippen molar-refractivity contribution >= 4 is 17.4 Å². The number of hydrogen-bond acceptors (Lipinski definition) is 4. The summed E-state index contributed by atoms with van der Waals surface area (Å²) in [5, 5.41) is 7.63. The maximum Gasteiger partial charge on any atom is 0.161 e. The zero-order valence-corrected chi connectivity index (χ0v) is 15.1. The molecule has 2 aromatic rings. The van der Waals surface area contributed by atoms with Gasteiger partial charge in [-0.2, -0.15) is 0 Å². The lowest BCUT2D eigenvalue weighted by atomic mass is 9.98. The predicted molar refractivity (Wildman–Crippen MR) is 101 cm³/mol. The molecule has 2 heterocycles. The first-order valence-electron chi connectivity index (χ1n) is 8.71. The Hall–Kier alpha value is -1.65. The second-order valence-electron chi connectivity index (χ2n) is 6.74. The Morgan fingerprint density at radius 3 is 2.71 bits per heavy atom. The largest absolute Gasteiger partial charge is 0.370 e. The lowest BCUT2D eigenvalue weighted by Crippen LogP contribution is -2.31. The molecule has 5 heteroatoms. The third kappa shape index (κ3) is 4.46. The van der Waals surface area contributed by atoms with Gasteiger partial charge in [-0.05, 0) is 49.9 Å². The molecule has 2 N–H and O–H groups in total. The summed E-state index contributed by atoms with van der Waals surface area (Å²) in [5.41, 5.74) is 2.00. The highest BCUT2D eigenvalue weighted by molar-refractivity contribution is 6.30. The molecule has 0 bridgehead atoms. The number of piperidine rings is 1. The molecule has 1 aliphatic heterocycles. The van der Waals surface area contributed by atoms with E-state index in [0.29, 0.717) is 16.9 Å². The summed E-state index contributed by atoms with van der Waals surface area (Å²) >= 11 is 6.12. The maximum atomic E-state index is 6.12. The van der Waals surface area contributed by atoms with Gasteiger partial charge >= 0.3 is 0 Å². The van der Waals surface area contributed by atoms with E-state index in [1.807, 2.05) is 24.3 Å². The van der Waals surface area contributed by atoms with Crippen LogP contribution in [0.25, 0.3) is 11.4 Å². The number of anilines is 1. The lowest BCUT2D eigenvalue weighted by molar-refractivity contribution is 0.389. The van der Waals surface area contributed by atoms with Crippen molar-refractivity contribution in [3.63, 3.8) is 0 Å². The quantitative estimate of drug-likeness (QED) is 0.847. The number of nitrogens with one attached hydrogen (secondary N) is 2. The van der Waals surface area contributed by atoms with E-state index in [2.05, 4.69) is 30.5 Å². The molecular weight excluding hydrogens is 320 g/mol. The molecule has 1 saturated heterocycles. The van der Waals surface area contributed by atoms with Crippen molar-refractivity contribution in [3.05, 3.63) is 41.0 Å². The topological polar surface area (TPSA) is 49.8 Å². The van der Waals surface area contributed by atoms with Gasteiger partial charge in [0, 0.05) is 28.9 Å². The van der Waals surface area contributed by atoms with Crippen LogP contribution in [0.3, 0.4) is 0 Å². The van der Waals surface area contributed by atoms with Crippen LogP contribution in [-0.2, 0) is 0 Å². The van der Waals surface area contributed by atoms with E-state index in [-0.39, 0.29) is 0 Å². The second-order valence-corrected chi connectivity index (χ2v) is 7.18. The first-order valence-corrected chi connectivity index (χ1v) is 9.09. The van der Waals surface area contributed by atoms with Crippen LogP contribution in [0.2, 0.25) is 5.02 Å². The van der Waals surface area contributed by atoms with Gasteiger partial charge in [0.05, 0.1) is 0 Å². The highest BCUT2D eigenvalue weighted by Gasteiger charge is 2.14. The number of aromatic nitrogens is 2. The summed E-state index contributed by atoms with van der Waals surface area (Å²) in [4.78, 5) is 9.43. The van der Waals surface area contributed by atoms with Gasteiger partial charge in [0.2, 0.25) is 0 Å². The van der Waals surface area contributed by atoms with Gasteiger partial charge in [-0.3, -0.25) is 0 Å². The molecule has 0 atom stereocenters. The Labute approximate surface area is 149 Å². The minimum atomic E-state index is 0.352. The van der Waals surface area contributed by atoms with Crippen LogP contribution in [0.4, 0.5) is 5.82 Å². The third-order valence-electron chi connectivity index (χ3n) is 4.45. The summed E-state index contributed by atoms with van der Waals surface area (Å²) in [5.74, 6) is 2.70. The van der Waals surface area contributed by atoms with Gasteiger partial charge < -0.3 is 10.6 Å². The SMILES string of the molecule is CC(C)c1cc(NCC2CCNCC2)nc(-c2cccc(Cl)c2)n1. The van der Waals surface area contributed by atoms with Crippen molar-refractivity contribution in [3.8, 4) is 11.4 Å². The monoisotopic (exact) mass is 344 g/mol. The molecule has 24 heavy (non-hydrogen) atoms. The van der Waals surface area contributed by atoms with Crippen LogP contribution in [0.1, 0.15) is 38.3 Å². The molecule has 1 aliphatic rings. The van der Waals surface area contributed by atoms with Gasteiger partial charge in [-0.15, -0.1) is 0 Å². The van der Waals surface area contributed by atoms with Crippen molar-refractivity contribution in [2.24, 2.45) is 5.92 Å². The molecule has 1 fully saturated rings. The molecule has 0 saturated carbocycles. The Morgan fingerprint density at radius 2 is 2.00 bits per heavy atom. The van der Waals surface area contributed by atoms with Gasteiger partial charge in [-0.25, -0.2) is 9.97 Å². The maximum absolute atomic E-state index is 6.12. The van der Waals surface area contributed by atoms with Gasteiger partial charge in [0.25, 0.3) is 0 Å². The Bertz CT molecular complexity index is 681. The fraction of sp³-hybridized carbons (Fsp3) is 0.474. The molecule has 0 aliphatic carbocycles. The summed E-state index contributed by atoms with van der Waals surface area (Å²) < 4.78 is 0. The summed E-state index contributed by atoms with van der Waals surface area (Å²) in [6.45, 7) is 7.49. The molecule has 1 aromatic heterocycles. The summed E-state index contributed by atoms with van der Waals surface area (Å²) in [7, 11) is 0. The van der Waals surface area contributed by atoms with E-state index >= 15 is 0 Å². The number of benzene rings is 1. The normalized spacial score (nSPS) is 15.7. The van der Waals surface area contributed by atoms with E-state index in [1.54, 1.807) is 0 Å². The van der Waals surface area contributed by atoms with Gasteiger partial charge in [0.15, 0.2) is 5.82 Å². The fourth-order valence-electron chi connectivity index (χ4n) is 2.94. The number of hydrogen-bond donors (Lipinski definition) is 2. The molecule has 4 nitrogen and oxygen atoms in total. The van der Waals surface area contributed by atoms with Crippen molar-refractivity contribution in [1.29, 1.82) is 0 Å². The number of rotatable bonds is 5. The van der Waals surface area contributed by atoms with Crippen molar-refractivity contribution in [2.75, 3.05) is 25.0 Å². The van der Waals surface area contributed by atoms with Crippen LogP contribution in [0.5, 0.6) is 0 Å². The average Bonchev–Trinajstić information content (AvgIpc) is 2.60. The molecule has 0 spiro atoms. The lowest BCUT2D eigenvalue weighted by Gasteiger charge is -2.23. The molecular formula is C19H25ClN4. The van der Waals surface area contributed by atoms with Gasteiger partial charge in [0.1, 0.15) is 5.82 Å². The fourth-order valence-corrected chi connectivity index (χ4v) is 3.13. The van der Waals surface area contributed by atoms with E-state index in [9.17, 15) is 0 Å². The van der Waals surface area contributed by atoms with E-state index in [4.69, 9.17) is 21.6 Å². The molecule has 0 unspecified atom stereocenters. The van der Waals surface area contributed by atoms with Crippen molar-refractivity contribution in [2.45, 2.75) is 32.6 Å². The van der Waals surface area contributed by atoms with Crippen LogP contribution in [0.15, 0.2) is 30.3 Å². The van der Waals surface area contributed by atoms with Crippen molar-refractivity contribution < 1.29 is 0 Å². The first kappa shape index (κ1) is 17.2. The van der Waals surface area contributed by atoms with E-state index in [1.165, 1.54) is 12.8 Å². The summed E-state index contributed by atoms with van der Waals surface area (Å²) in [6.07, 6.45) is 2.44. The highest BCUT2D eigenvalue weighted by atomic mass is 35.5. The average molecular weight is 345 g/mol. The van der Waals surface area contributed by atoms with Gasteiger partial charge in [-0.1, -0.05) is 37.6 Å². The molecule has 0 radical (unpaired) electrons. The Kier molecular flexibility index (Phi) is 5.69. The highest BCUT2D eigenvalue weighted by Crippen LogP contribution is 2.24. The Balaban J connectivity index is 1.82. The van der Waals surface area contributed by atoms with E-state index in [0.717, 1.165) is 42.5 Å². The van der Waals surface area contributed by atoms with Crippen LogP contribution >= 0.6 is 11.6 Å². The third-order valence-corrected chi connectivity index (χ3v) is 4.69. The Morgan fingerprint density at radius 1 is 1.21 bits per heavy atom. The predicted octanol–water partition coefficient (Wildman–Crippen LogP) is 4.33. The molecule has 1 aromatic carbocycles. The molecule has 0 amide bonds. The zero-order chi connectivity index (χ0) is 16.9. The first-order chi connectivity index (χ1) is 11.6. The molecule has 3 rings (SSSR count). The minimum absolute atomic E-state index is 0.352. The molecule has 128 valence electrons.